The van der Waals surface area contributed by atoms with Crippen LogP contribution in [0.15, 0.2) is 70.9 Å². The van der Waals surface area contributed by atoms with Crippen LogP contribution in [-0.2, 0) is 0 Å². The second kappa shape index (κ2) is 4.24. The molecule has 1 nitrogen and oxygen atoms in total. The van der Waals surface area contributed by atoms with E-state index in [0.29, 0.717) is 0 Å². The SMILES string of the molecule is [2H]c1c([2H])c([2H])c(-c2c([2H])c([2H])c3oc4c([2H])c(C)c([2H])c([2H])c4c3c2[2H])c([2H])c1[2H]. The van der Waals surface area contributed by atoms with Gasteiger partial charge in [-0.3, -0.25) is 0 Å². The largest absolute Gasteiger partial charge is 0.456 e. The van der Waals surface area contributed by atoms with Gasteiger partial charge in [-0.25, -0.2) is 0 Å². The topological polar surface area (TPSA) is 13.1 Å². The molecule has 1 aromatic heterocycles. The predicted octanol–water partition coefficient (Wildman–Crippen LogP) is 5.56. The smallest absolute Gasteiger partial charge is 0.135 e. The third-order valence-corrected chi connectivity index (χ3v) is 2.89. The van der Waals surface area contributed by atoms with Crippen LogP contribution in [0, 0.1) is 6.92 Å². The first-order valence-electron chi connectivity index (χ1n) is 11.4. The Balaban J connectivity index is 2.30. The minimum Gasteiger partial charge on any atom is -0.456 e. The van der Waals surface area contributed by atoms with Gasteiger partial charge in [0.05, 0.1) is 15.1 Å². The van der Waals surface area contributed by atoms with E-state index < -0.39 is 53.9 Å². The molecule has 0 aliphatic heterocycles. The molecular weight excluding hydrogens is 244 g/mol. The highest BCUT2D eigenvalue weighted by Gasteiger charge is 2.08. The highest BCUT2D eigenvalue weighted by atomic mass is 16.3. The van der Waals surface area contributed by atoms with Crippen LogP contribution in [0.25, 0.3) is 33.1 Å². The molecule has 0 saturated heterocycles. The number of hydrogen-bond donors (Lipinski definition) is 0. The second-order valence-electron chi connectivity index (χ2n) is 4.26. The maximum absolute atomic E-state index is 8.69. The summed E-state index contributed by atoms with van der Waals surface area (Å²) >= 11 is 0. The molecule has 0 fully saturated rings. The van der Waals surface area contributed by atoms with Gasteiger partial charge in [-0.15, -0.1) is 0 Å². The van der Waals surface area contributed by atoms with Crippen LogP contribution in [0.1, 0.15) is 20.6 Å². The lowest BCUT2D eigenvalue weighted by atomic mass is 10.0. The normalized spacial score (nSPS) is 18.9. The van der Waals surface area contributed by atoms with Crippen LogP contribution in [-0.4, -0.2) is 0 Å². The summed E-state index contributed by atoms with van der Waals surface area (Å²) in [6.45, 7) is 1.48. The molecule has 0 radical (unpaired) electrons. The van der Waals surface area contributed by atoms with Gasteiger partial charge in [0.1, 0.15) is 11.2 Å². The van der Waals surface area contributed by atoms with Crippen molar-refractivity contribution < 1.29 is 19.5 Å². The van der Waals surface area contributed by atoms with E-state index in [-0.39, 0.29) is 51.2 Å². The molecule has 0 unspecified atom stereocenters. The highest BCUT2D eigenvalue weighted by molar-refractivity contribution is 6.06. The van der Waals surface area contributed by atoms with Crippen molar-refractivity contribution in [2.24, 2.45) is 0 Å². The van der Waals surface area contributed by atoms with Crippen LogP contribution in [0.3, 0.4) is 0 Å². The van der Waals surface area contributed by atoms with E-state index in [1.807, 2.05) is 0 Å². The van der Waals surface area contributed by atoms with Crippen molar-refractivity contribution in [3.63, 3.8) is 0 Å². The van der Waals surface area contributed by atoms with Crippen molar-refractivity contribution in [2.45, 2.75) is 6.92 Å². The number of furan rings is 1. The Morgan fingerprint density at radius 1 is 0.750 bits per heavy atom. The number of rotatable bonds is 1. The van der Waals surface area contributed by atoms with Crippen molar-refractivity contribution in [3.05, 3.63) is 72.0 Å². The molecule has 4 rings (SSSR count). The average molecular weight is 269 g/mol. The molecule has 4 aromatic rings. The summed E-state index contributed by atoms with van der Waals surface area (Å²) in [5, 5.41) is -0.160. The van der Waals surface area contributed by atoms with E-state index in [1.54, 1.807) is 0 Å². The lowest BCUT2D eigenvalue weighted by Crippen LogP contribution is -1.76. The zero-order chi connectivity index (χ0) is 23.1. The summed E-state index contributed by atoms with van der Waals surface area (Å²) in [6, 6.07) is -5.44. The maximum atomic E-state index is 8.69. The van der Waals surface area contributed by atoms with E-state index in [9.17, 15) is 0 Å². The summed E-state index contributed by atoms with van der Waals surface area (Å²) in [6.07, 6.45) is 0. The quantitative estimate of drug-likeness (QED) is 0.441. The van der Waals surface area contributed by atoms with Crippen molar-refractivity contribution in [1.29, 1.82) is 0 Å². The number of benzene rings is 3. The molecule has 96 valence electrons. The molecule has 0 spiro atoms. The van der Waals surface area contributed by atoms with Crippen LogP contribution in [0.4, 0.5) is 0 Å². The molecule has 1 heterocycles. The first-order valence-corrected chi connectivity index (χ1v) is 5.91. The molecule has 0 atom stereocenters. The monoisotopic (exact) mass is 269 g/mol. The third kappa shape index (κ3) is 1.71. The zero-order valence-corrected chi connectivity index (χ0v) is 10.4. The minimum atomic E-state index is -0.642. The Kier molecular flexibility index (Phi) is 1.01. The Morgan fingerprint density at radius 2 is 1.60 bits per heavy atom. The lowest BCUT2D eigenvalue weighted by Gasteiger charge is -2.01. The van der Waals surface area contributed by atoms with Crippen molar-refractivity contribution in [1.82, 2.24) is 0 Å². The molecule has 0 saturated carbocycles. The Hall–Kier alpha value is -2.54. The molecule has 0 amide bonds. The number of hydrogen-bond acceptors (Lipinski definition) is 1. The van der Waals surface area contributed by atoms with Gasteiger partial charge in [0.15, 0.2) is 0 Å². The predicted molar refractivity (Wildman–Crippen MR) is 83.9 cm³/mol. The third-order valence-electron chi connectivity index (χ3n) is 2.89. The summed E-state index contributed by atoms with van der Waals surface area (Å²) in [4.78, 5) is 0. The van der Waals surface area contributed by atoms with Gasteiger partial charge >= 0.3 is 0 Å². The fourth-order valence-electron chi connectivity index (χ4n) is 1.98. The highest BCUT2D eigenvalue weighted by Crippen LogP contribution is 2.32. The summed E-state index contributed by atoms with van der Waals surface area (Å²) in [5.41, 5.74) is -0.912. The first-order chi connectivity index (χ1) is 14.4. The second-order valence-corrected chi connectivity index (χ2v) is 4.26. The van der Waals surface area contributed by atoms with Crippen LogP contribution < -0.4 is 0 Å². The Morgan fingerprint density at radius 3 is 2.45 bits per heavy atom. The Labute approximate surface area is 132 Å². The Bertz CT molecular complexity index is 1420. The molecule has 0 bridgehead atoms. The molecule has 20 heavy (non-hydrogen) atoms. The van der Waals surface area contributed by atoms with Crippen LogP contribution in [0.5, 0.6) is 0 Å². The average Bonchev–Trinajstić information content (AvgIpc) is 3.15. The molecule has 0 aliphatic rings. The van der Waals surface area contributed by atoms with Gasteiger partial charge in [-0.2, -0.15) is 0 Å². The first kappa shape index (κ1) is 4.78. The van der Waals surface area contributed by atoms with E-state index >= 15 is 0 Å². The van der Waals surface area contributed by atoms with Crippen molar-refractivity contribution in [2.75, 3.05) is 0 Å². The molecule has 0 aliphatic carbocycles. The lowest BCUT2D eigenvalue weighted by molar-refractivity contribution is 0.668. The van der Waals surface area contributed by atoms with E-state index in [1.165, 1.54) is 6.92 Å². The zero-order valence-electron chi connectivity index (χ0n) is 21.4. The van der Waals surface area contributed by atoms with E-state index in [4.69, 9.17) is 19.5 Å². The minimum absolute atomic E-state index is 0.0530. The molecule has 0 N–H and O–H groups in total. The summed E-state index contributed by atoms with van der Waals surface area (Å²) in [5.74, 6) is 0. The number of fused-ring (bicyclic) bond motifs is 3. The van der Waals surface area contributed by atoms with Crippen molar-refractivity contribution in [3.8, 4) is 11.1 Å². The standard InChI is InChI=1S/C19H14O/c1-13-7-9-16-17-12-15(14-5-3-2-4-6-14)8-10-18(17)20-19(16)11-13/h2-12H,1H3/i2D,3D,4D,5D,6D,7D,8D,9D,10D,11D,12D. The molecule has 3 aromatic carbocycles. The summed E-state index contributed by atoms with van der Waals surface area (Å²) < 4.78 is 95.5. The van der Waals surface area contributed by atoms with Gasteiger partial charge in [-0.1, -0.05) is 48.3 Å². The molecule has 1 heteroatoms. The fraction of sp³-hybridized carbons (Fsp3) is 0.0526. The fourth-order valence-corrected chi connectivity index (χ4v) is 1.98. The molecular formula is C19H14O. The van der Waals surface area contributed by atoms with Crippen molar-refractivity contribution >= 4 is 21.9 Å². The summed E-state index contributed by atoms with van der Waals surface area (Å²) in [7, 11) is 0. The van der Waals surface area contributed by atoms with Gasteiger partial charge < -0.3 is 4.42 Å². The van der Waals surface area contributed by atoms with E-state index in [2.05, 4.69) is 0 Å². The van der Waals surface area contributed by atoms with Gasteiger partial charge in [-0.05, 0) is 41.7 Å². The van der Waals surface area contributed by atoms with Gasteiger partial charge in [0.25, 0.3) is 0 Å². The van der Waals surface area contributed by atoms with Gasteiger partial charge in [0.2, 0.25) is 0 Å². The van der Waals surface area contributed by atoms with E-state index in [0.717, 1.165) is 0 Å². The van der Waals surface area contributed by atoms with Crippen LogP contribution in [0.2, 0.25) is 0 Å². The van der Waals surface area contributed by atoms with Gasteiger partial charge in [0, 0.05) is 10.8 Å². The maximum Gasteiger partial charge on any atom is 0.135 e. The van der Waals surface area contributed by atoms with Crippen LogP contribution >= 0.6 is 0 Å².